The van der Waals surface area contributed by atoms with Crippen LogP contribution in [0, 0.1) is 0 Å². The zero-order valence-corrected chi connectivity index (χ0v) is 63.2. The third-order valence-electron chi connectivity index (χ3n) is 20.3. The van der Waals surface area contributed by atoms with Crippen LogP contribution in [-0.2, 0) is 61.8 Å². The number of phenols is 5. The Labute approximate surface area is 687 Å². The zero-order valence-electron chi connectivity index (χ0n) is 63.2. The Hall–Kier alpha value is -9.94. The van der Waals surface area contributed by atoms with Gasteiger partial charge in [0.2, 0.25) is 37.2 Å². The molecule has 0 aliphatic carbocycles. The SMILES string of the molecule is O=C(C=Cc1ccc(O)c(O[C@@H]2O[C@H](CO)[C@@H](O)[C@H](O)[C@H]2O)c1)OC[C@@H]1O[C@H](O[C@H]2[C@H](Oc3cc4c(O[C@@H]5O[C@H](CO)[C@@H](O)[C@H](O)[C@H]5O)cc(O)cc4[o+]c3-c3ccc(O)c(O)c3)O[C@H](COC(=O)/C=C/c3ccc(O[C@@H]4O[C@H](COC(=O)C=Cc5ccc(O)c(O[C@H]6O[C@@H](CO)[C@H](O)[C@@H](O)[C@@H]6O)c5)[C@@H](O)[C@H](O)[C@H]4O)cc3)[C@@H](O)[C@@H]2O)[C@@H](O)[C@H](O)[C@H]1O. The van der Waals surface area contributed by atoms with Crippen LogP contribution in [0.1, 0.15) is 16.7 Å². The van der Waals surface area contributed by atoms with Gasteiger partial charge in [-0.2, -0.15) is 0 Å². The number of phenolic OH excluding ortho intramolecular Hbond substituents is 5. The summed E-state index contributed by atoms with van der Waals surface area (Å²) in [4.78, 5) is 39.7. The molecule has 6 fully saturated rings. The van der Waals surface area contributed by atoms with Crippen molar-refractivity contribution in [2.45, 2.75) is 184 Å². The Kier molecular flexibility index (Phi) is 29.7. The van der Waals surface area contributed by atoms with Gasteiger partial charge in [0.15, 0.2) is 46.9 Å². The Bertz CT molecular complexity index is 4660. The second-order valence-corrected chi connectivity index (χ2v) is 28.7. The van der Waals surface area contributed by atoms with E-state index in [-0.39, 0.29) is 50.5 Å². The van der Waals surface area contributed by atoms with Gasteiger partial charge in [-0.3, -0.25) is 0 Å². The highest BCUT2D eigenvalue weighted by Gasteiger charge is 2.55. The molecular weight excluding hydrogens is 1640 g/mol. The van der Waals surface area contributed by atoms with Gasteiger partial charge in [0.25, 0.3) is 0 Å². The van der Waals surface area contributed by atoms with E-state index in [1.807, 2.05) is 0 Å². The molecule has 0 saturated carbocycles. The van der Waals surface area contributed by atoms with Gasteiger partial charge in [-0.05, 0) is 83.4 Å². The van der Waals surface area contributed by atoms with Gasteiger partial charge in [0.05, 0.1) is 31.5 Å². The lowest BCUT2D eigenvalue weighted by Crippen LogP contribution is -2.65. The lowest BCUT2D eigenvalue weighted by atomic mass is 9.97. The van der Waals surface area contributed by atoms with E-state index in [2.05, 4.69) is 0 Å². The van der Waals surface area contributed by atoms with Gasteiger partial charge in [-0.25, -0.2) is 18.8 Å². The summed E-state index contributed by atoms with van der Waals surface area (Å²) >= 11 is 0. The number of fused-ring (bicyclic) bond motifs is 1. The Morgan fingerprint density at radius 1 is 0.328 bits per heavy atom. The van der Waals surface area contributed by atoms with Gasteiger partial charge in [-0.15, -0.1) is 0 Å². The summed E-state index contributed by atoms with van der Waals surface area (Å²) in [5, 5.41) is 266. The van der Waals surface area contributed by atoms with Crippen LogP contribution in [0.25, 0.3) is 40.5 Å². The molecule has 44 heteroatoms. The maximum atomic E-state index is 13.6. The minimum Gasteiger partial charge on any atom is -0.507 e. The van der Waals surface area contributed by atoms with Crippen LogP contribution in [0.15, 0.2) is 120 Å². The third kappa shape index (κ3) is 20.8. The lowest BCUT2D eigenvalue weighted by molar-refractivity contribution is -0.358. The molecule has 6 saturated heterocycles. The third-order valence-corrected chi connectivity index (χ3v) is 20.3. The molecule has 1 aromatic heterocycles. The van der Waals surface area contributed by atoms with Gasteiger partial charge in [-0.1, -0.05) is 24.3 Å². The maximum absolute atomic E-state index is 13.6. The number of carbonyl (C=O) groups is 3. The first-order valence-corrected chi connectivity index (χ1v) is 37.4. The van der Waals surface area contributed by atoms with Gasteiger partial charge in [0.1, 0.15) is 183 Å². The van der Waals surface area contributed by atoms with Crippen molar-refractivity contribution in [1.82, 2.24) is 0 Å². The smallest absolute Gasteiger partial charge is 0.402 e. The second kappa shape index (κ2) is 39.7. The van der Waals surface area contributed by atoms with Crippen molar-refractivity contribution < 1.29 is 218 Å². The summed E-state index contributed by atoms with van der Waals surface area (Å²) in [6.45, 7) is -5.03. The van der Waals surface area contributed by atoms with Crippen LogP contribution in [0.3, 0.4) is 0 Å². The average molecular weight is 1730 g/mol. The van der Waals surface area contributed by atoms with Crippen molar-refractivity contribution in [2.24, 2.45) is 0 Å². The van der Waals surface area contributed by atoms with Crippen LogP contribution in [0.4, 0.5) is 0 Å². The van der Waals surface area contributed by atoms with Crippen LogP contribution in [0.2, 0.25) is 0 Å². The summed E-state index contributed by atoms with van der Waals surface area (Å²) in [5.74, 6) is -8.34. The molecule has 44 nitrogen and oxygen atoms in total. The molecule has 122 heavy (non-hydrogen) atoms. The standard InChI is InChI=1S/C78H88O44/c79-23-45-54(90)60(96)67(103)74(116-45)112-41-21-33(82)20-40-35(41)22-44(71(111-40)32-8-13-36(83)39(86)19-32)115-78-72(122-77-70(106)64(100)58(94)49(120-77)27-108-53(89)16-7-31-4-12-38(85)43(18-31)114-76-69(105)62(98)56(92)47(25-81)118-76)65(101)59(95)50(121-78)28-109-51(87)14-5-29-1-9-34(10-2-29)110-73-66(102)63(99)57(93)48(119-73)26-107-52(88)15-6-30-3-11-37(84)42(17-30)113-75-68(104)61(97)55(91)46(24-80)117-75/h1-22,45-50,54-70,72-81,90-106H,23-28H2,(H4-,82,83,84,85,86,88,89)/p+1/b14-5+/t45-,46+,47-,48-,49+,50-,54-,55+,56-,57-,58+,59-,60+,61-,62+,63+,64-,65+,66-,67-,68+,69-,70+,72-,73-,74-,75+,76-,77-,78-/m1/s1. The van der Waals surface area contributed by atoms with E-state index in [4.69, 9.17) is 75.5 Å². The summed E-state index contributed by atoms with van der Waals surface area (Å²) in [6, 6.07) is 19.0. The van der Waals surface area contributed by atoms with Crippen LogP contribution < -0.4 is 23.7 Å². The van der Waals surface area contributed by atoms with Crippen molar-refractivity contribution in [2.75, 3.05) is 39.6 Å². The Morgan fingerprint density at radius 3 is 1.13 bits per heavy atom. The molecule has 6 aliphatic heterocycles. The first kappa shape index (κ1) is 91.3. The van der Waals surface area contributed by atoms with Crippen molar-refractivity contribution in [3.63, 3.8) is 0 Å². The van der Waals surface area contributed by atoms with Gasteiger partial charge >= 0.3 is 29.3 Å². The quantitative estimate of drug-likeness (QED) is 0.00714. The number of benzene rings is 5. The topological polar surface area (TPSA) is 707 Å². The van der Waals surface area contributed by atoms with Crippen LogP contribution in [0.5, 0.6) is 57.5 Å². The highest BCUT2D eigenvalue weighted by molar-refractivity contribution is 5.90. The number of carbonyl (C=O) groups excluding carboxylic acids is 3. The molecule has 5 aromatic carbocycles. The van der Waals surface area contributed by atoms with E-state index < -0.39 is 288 Å². The normalized spacial score (nSPS) is 34.4. The molecule has 6 aromatic rings. The van der Waals surface area contributed by atoms with E-state index in [1.165, 1.54) is 60.7 Å². The second-order valence-electron chi connectivity index (χ2n) is 28.7. The Balaban J connectivity index is 0.734. The molecule has 0 radical (unpaired) electrons. The number of hydrogen-bond acceptors (Lipinski definition) is 43. The van der Waals surface area contributed by atoms with Crippen molar-refractivity contribution >= 4 is 47.1 Å². The number of aliphatic hydroxyl groups is 20. The highest BCUT2D eigenvalue weighted by Crippen LogP contribution is 2.45. The number of rotatable bonds is 28. The van der Waals surface area contributed by atoms with E-state index in [9.17, 15) is 142 Å². The summed E-state index contributed by atoms with van der Waals surface area (Å²) in [6.07, 6.45) is -50.1. The van der Waals surface area contributed by atoms with Crippen molar-refractivity contribution in [3.05, 3.63) is 132 Å². The average Bonchev–Trinajstić information content (AvgIpc) is 0.755. The minimum atomic E-state index is -2.32. The molecule has 0 unspecified atom stereocenters. The lowest BCUT2D eigenvalue weighted by Gasteiger charge is -2.45. The fraction of sp³-hybridized carbons (Fsp3) is 0.462. The fourth-order valence-corrected chi connectivity index (χ4v) is 13.4. The predicted molar refractivity (Wildman–Crippen MR) is 397 cm³/mol. The molecule has 6 aliphatic rings. The number of ether oxygens (including phenoxy) is 15. The summed E-state index contributed by atoms with van der Waals surface area (Å²) in [5.41, 5.74) is 0.185. The van der Waals surface area contributed by atoms with Gasteiger partial charge < -0.3 is 199 Å². The molecule has 30 atom stereocenters. The van der Waals surface area contributed by atoms with Crippen LogP contribution in [-0.4, -0.2) is 369 Å². The molecule has 0 spiro atoms. The first-order chi connectivity index (χ1) is 58.1. The monoisotopic (exact) mass is 1730 g/mol. The van der Waals surface area contributed by atoms with Crippen LogP contribution >= 0.6 is 0 Å². The largest absolute Gasteiger partial charge is 0.507 e. The van der Waals surface area contributed by atoms with Crippen molar-refractivity contribution in [1.29, 1.82) is 0 Å². The fourth-order valence-electron chi connectivity index (χ4n) is 13.4. The van der Waals surface area contributed by atoms with E-state index in [0.29, 0.717) is 0 Å². The number of aliphatic hydroxyl groups excluding tert-OH is 20. The molecule has 12 rings (SSSR count). The first-order valence-electron chi connectivity index (χ1n) is 37.4. The predicted octanol–water partition coefficient (Wildman–Crippen LogP) is -6.58. The van der Waals surface area contributed by atoms with E-state index >= 15 is 0 Å². The van der Waals surface area contributed by atoms with E-state index in [1.54, 1.807) is 0 Å². The molecule has 7 heterocycles. The molecule has 0 amide bonds. The molecular formula is C78H89O44+. The molecule has 0 bridgehead atoms. The number of aromatic hydroxyl groups is 5. The summed E-state index contributed by atoms with van der Waals surface area (Å²) in [7, 11) is 0. The molecule has 664 valence electrons. The summed E-state index contributed by atoms with van der Waals surface area (Å²) < 4.78 is 91.6. The highest BCUT2D eigenvalue weighted by atomic mass is 16.8. The number of hydrogen-bond donors (Lipinski definition) is 25. The Morgan fingerprint density at radius 2 is 0.689 bits per heavy atom. The van der Waals surface area contributed by atoms with E-state index in [0.717, 1.165) is 72.8 Å². The molecule has 25 N–H and O–H groups in total. The maximum Gasteiger partial charge on any atom is 0.402 e. The zero-order chi connectivity index (χ0) is 88.0. The van der Waals surface area contributed by atoms with Crippen molar-refractivity contribution in [3.8, 4) is 68.8 Å². The number of esters is 3. The van der Waals surface area contributed by atoms with Gasteiger partial charge in [0, 0.05) is 36.4 Å². The minimum absolute atomic E-state index is 0.0182.